The van der Waals surface area contributed by atoms with E-state index < -0.39 is 0 Å². The van der Waals surface area contributed by atoms with Crippen LogP contribution in [0.3, 0.4) is 0 Å². The second-order valence-electron chi connectivity index (χ2n) is 5.04. The minimum absolute atomic E-state index is 0.471. The molecule has 0 heterocycles. The number of benzene rings is 2. The molecular formula is C18H19NO2. The van der Waals surface area contributed by atoms with Crippen LogP contribution in [-0.4, -0.2) is 13.2 Å². The normalized spacial score (nSPS) is 10.0. The third-order valence-electron chi connectivity index (χ3n) is 3.36. The van der Waals surface area contributed by atoms with Gasteiger partial charge in [-0.2, -0.15) is 5.26 Å². The number of hydrogen-bond acceptors (Lipinski definition) is 3. The predicted molar refractivity (Wildman–Crippen MR) is 82.8 cm³/mol. The molecule has 2 aromatic carbocycles. The van der Waals surface area contributed by atoms with Crippen LogP contribution in [0.5, 0.6) is 11.5 Å². The Hall–Kier alpha value is -2.47. The molecule has 108 valence electrons. The lowest BCUT2D eigenvalue weighted by atomic mass is 10.1. The van der Waals surface area contributed by atoms with Crippen LogP contribution in [-0.2, 0) is 0 Å². The van der Waals surface area contributed by atoms with Gasteiger partial charge in [0, 0.05) is 0 Å². The van der Waals surface area contributed by atoms with E-state index in [9.17, 15) is 0 Å². The van der Waals surface area contributed by atoms with E-state index in [1.165, 1.54) is 16.7 Å². The number of nitrogens with zero attached hydrogens (tertiary/aromatic N) is 1. The average Bonchev–Trinajstić information content (AvgIpc) is 2.49. The topological polar surface area (TPSA) is 42.2 Å². The standard InChI is InChI=1S/C18H19NO2/c1-13-10-14(2)15(3)18(11-13)21-9-8-20-17-6-4-16(12-19)5-7-17/h4-7,10-11H,8-9H2,1-3H3. The molecule has 0 amide bonds. The van der Waals surface area contributed by atoms with Crippen molar-refractivity contribution >= 4 is 0 Å². The van der Waals surface area contributed by atoms with E-state index in [1.807, 2.05) is 6.07 Å². The molecule has 3 nitrogen and oxygen atoms in total. The highest BCUT2D eigenvalue weighted by Gasteiger charge is 2.04. The highest BCUT2D eigenvalue weighted by atomic mass is 16.5. The van der Waals surface area contributed by atoms with Gasteiger partial charge >= 0.3 is 0 Å². The zero-order chi connectivity index (χ0) is 15.2. The molecule has 0 unspecified atom stereocenters. The van der Waals surface area contributed by atoms with Crippen molar-refractivity contribution in [1.29, 1.82) is 5.26 Å². The van der Waals surface area contributed by atoms with E-state index in [4.69, 9.17) is 14.7 Å². The first-order chi connectivity index (χ1) is 10.1. The quantitative estimate of drug-likeness (QED) is 0.779. The largest absolute Gasteiger partial charge is 0.490 e. The van der Waals surface area contributed by atoms with Crippen LogP contribution >= 0.6 is 0 Å². The summed E-state index contributed by atoms with van der Waals surface area (Å²) in [6, 6.07) is 13.3. The number of ether oxygens (including phenoxy) is 2. The SMILES string of the molecule is Cc1cc(C)c(C)c(OCCOc2ccc(C#N)cc2)c1. The molecule has 0 fully saturated rings. The Morgan fingerprint density at radius 2 is 1.62 bits per heavy atom. The Labute approximate surface area is 125 Å². The first kappa shape index (κ1) is 14.9. The maximum atomic E-state index is 8.73. The number of nitriles is 1. The fourth-order valence-corrected chi connectivity index (χ4v) is 2.09. The summed E-state index contributed by atoms with van der Waals surface area (Å²) < 4.78 is 11.4. The summed E-state index contributed by atoms with van der Waals surface area (Å²) in [5, 5.41) is 8.73. The van der Waals surface area contributed by atoms with E-state index in [0.717, 1.165) is 11.5 Å². The lowest BCUT2D eigenvalue weighted by molar-refractivity contribution is 0.216. The van der Waals surface area contributed by atoms with Gasteiger partial charge in [0.1, 0.15) is 24.7 Å². The smallest absolute Gasteiger partial charge is 0.122 e. The van der Waals surface area contributed by atoms with Crippen molar-refractivity contribution in [2.45, 2.75) is 20.8 Å². The highest BCUT2D eigenvalue weighted by Crippen LogP contribution is 2.23. The van der Waals surface area contributed by atoms with Gasteiger partial charge in [-0.05, 0) is 67.8 Å². The molecule has 0 aromatic heterocycles. The molecular weight excluding hydrogens is 262 g/mol. The summed E-state index contributed by atoms with van der Waals surface area (Å²) in [5.41, 5.74) is 4.22. The van der Waals surface area contributed by atoms with Crippen molar-refractivity contribution in [3.8, 4) is 17.6 Å². The van der Waals surface area contributed by atoms with Crippen molar-refractivity contribution in [2.24, 2.45) is 0 Å². The lowest BCUT2D eigenvalue weighted by Gasteiger charge is -2.13. The zero-order valence-electron chi connectivity index (χ0n) is 12.6. The van der Waals surface area contributed by atoms with Gasteiger partial charge in [0.15, 0.2) is 0 Å². The van der Waals surface area contributed by atoms with Gasteiger partial charge in [-0.3, -0.25) is 0 Å². The van der Waals surface area contributed by atoms with Gasteiger partial charge in [-0.25, -0.2) is 0 Å². The summed E-state index contributed by atoms with van der Waals surface area (Å²) in [5.74, 6) is 1.66. The minimum atomic E-state index is 0.471. The van der Waals surface area contributed by atoms with E-state index >= 15 is 0 Å². The Kier molecular flexibility index (Phi) is 4.84. The van der Waals surface area contributed by atoms with Crippen molar-refractivity contribution in [2.75, 3.05) is 13.2 Å². The predicted octanol–water partition coefficient (Wildman–Crippen LogP) is 3.94. The Morgan fingerprint density at radius 1 is 0.952 bits per heavy atom. The summed E-state index contributed by atoms with van der Waals surface area (Å²) in [6.45, 7) is 7.17. The molecule has 0 radical (unpaired) electrons. The molecule has 2 aromatic rings. The van der Waals surface area contributed by atoms with Crippen molar-refractivity contribution < 1.29 is 9.47 Å². The molecule has 0 bridgehead atoms. The Balaban J connectivity index is 1.86. The summed E-state index contributed by atoms with van der Waals surface area (Å²) >= 11 is 0. The minimum Gasteiger partial charge on any atom is -0.490 e. The fraction of sp³-hybridized carbons (Fsp3) is 0.278. The molecule has 21 heavy (non-hydrogen) atoms. The van der Waals surface area contributed by atoms with Gasteiger partial charge in [0.05, 0.1) is 11.6 Å². The first-order valence-corrected chi connectivity index (χ1v) is 6.94. The van der Waals surface area contributed by atoms with E-state index in [2.05, 4.69) is 32.9 Å². The summed E-state index contributed by atoms with van der Waals surface area (Å²) in [7, 11) is 0. The highest BCUT2D eigenvalue weighted by molar-refractivity contribution is 5.42. The Morgan fingerprint density at radius 3 is 2.29 bits per heavy atom. The molecule has 0 N–H and O–H groups in total. The monoisotopic (exact) mass is 281 g/mol. The number of hydrogen-bond donors (Lipinski definition) is 0. The maximum Gasteiger partial charge on any atom is 0.122 e. The fourth-order valence-electron chi connectivity index (χ4n) is 2.09. The van der Waals surface area contributed by atoms with Crippen molar-refractivity contribution in [1.82, 2.24) is 0 Å². The lowest BCUT2D eigenvalue weighted by Crippen LogP contribution is -2.10. The third-order valence-corrected chi connectivity index (χ3v) is 3.36. The third kappa shape index (κ3) is 4.00. The van der Waals surface area contributed by atoms with Gasteiger partial charge in [0.25, 0.3) is 0 Å². The second kappa shape index (κ2) is 6.81. The summed E-state index contributed by atoms with van der Waals surface area (Å²) in [6.07, 6.45) is 0. The van der Waals surface area contributed by atoms with E-state index in [1.54, 1.807) is 24.3 Å². The van der Waals surface area contributed by atoms with Crippen LogP contribution in [0, 0.1) is 32.1 Å². The Bertz CT molecular complexity index is 654. The second-order valence-corrected chi connectivity index (χ2v) is 5.04. The molecule has 0 atom stereocenters. The molecule has 0 saturated heterocycles. The van der Waals surface area contributed by atoms with Gasteiger partial charge in [-0.1, -0.05) is 6.07 Å². The van der Waals surface area contributed by atoms with Gasteiger partial charge in [-0.15, -0.1) is 0 Å². The molecule has 0 aliphatic carbocycles. The van der Waals surface area contributed by atoms with Crippen LogP contribution in [0.15, 0.2) is 36.4 Å². The number of aryl methyl sites for hydroxylation is 2. The van der Waals surface area contributed by atoms with Crippen LogP contribution in [0.2, 0.25) is 0 Å². The zero-order valence-corrected chi connectivity index (χ0v) is 12.6. The van der Waals surface area contributed by atoms with Crippen LogP contribution in [0.25, 0.3) is 0 Å². The van der Waals surface area contributed by atoms with E-state index in [0.29, 0.717) is 18.8 Å². The van der Waals surface area contributed by atoms with Crippen LogP contribution in [0.1, 0.15) is 22.3 Å². The molecule has 3 heteroatoms. The van der Waals surface area contributed by atoms with Crippen LogP contribution in [0.4, 0.5) is 0 Å². The van der Waals surface area contributed by atoms with Crippen LogP contribution < -0.4 is 9.47 Å². The van der Waals surface area contributed by atoms with Crippen molar-refractivity contribution in [3.63, 3.8) is 0 Å². The van der Waals surface area contributed by atoms with Gasteiger partial charge < -0.3 is 9.47 Å². The molecule has 0 saturated carbocycles. The molecule has 0 aliphatic rings. The van der Waals surface area contributed by atoms with E-state index in [-0.39, 0.29) is 0 Å². The summed E-state index contributed by atoms with van der Waals surface area (Å²) in [4.78, 5) is 0. The molecule has 0 aliphatic heterocycles. The number of rotatable bonds is 5. The average molecular weight is 281 g/mol. The van der Waals surface area contributed by atoms with Gasteiger partial charge in [0.2, 0.25) is 0 Å². The maximum absolute atomic E-state index is 8.73. The molecule has 0 spiro atoms. The molecule has 2 rings (SSSR count). The first-order valence-electron chi connectivity index (χ1n) is 6.94. The van der Waals surface area contributed by atoms with Crippen molar-refractivity contribution in [3.05, 3.63) is 58.7 Å².